The Labute approximate surface area is 78.3 Å². The third kappa shape index (κ3) is 2.11. The Morgan fingerprint density at radius 1 is 1.38 bits per heavy atom. The SMILES string of the molecule is Cc1ccoc1CN1CCOCC1. The zero-order valence-corrected chi connectivity index (χ0v) is 7.95. The van der Waals surface area contributed by atoms with Crippen molar-refractivity contribution in [2.45, 2.75) is 13.5 Å². The van der Waals surface area contributed by atoms with Gasteiger partial charge in [-0.2, -0.15) is 0 Å². The fourth-order valence-corrected chi connectivity index (χ4v) is 1.53. The van der Waals surface area contributed by atoms with Crippen LogP contribution in [0.1, 0.15) is 11.3 Å². The number of morpholine rings is 1. The lowest BCUT2D eigenvalue weighted by atomic mass is 10.2. The average Bonchev–Trinajstić information content (AvgIpc) is 2.54. The summed E-state index contributed by atoms with van der Waals surface area (Å²) in [6.45, 7) is 6.72. The lowest BCUT2D eigenvalue weighted by Gasteiger charge is -2.25. The van der Waals surface area contributed by atoms with Gasteiger partial charge in [0.05, 0.1) is 26.0 Å². The first-order valence-corrected chi connectivity index (χ1v) is 4.69. The molecular weight excluding hydrogens is 166 g/mol. The second-order valence-corrected chi connectivity index (χ2v) is 3.42. The van der Waals surface area contributed by atoms with Crippen molar-refractivity contribution in [2.24, 2.45) is 0 Å². The number of hydrogen-bond acceptors (Lipinski definition) is 3. The molecule has 0 bridgehead atoms. The van der Waals surface area contributed by atoms with Gasteiger partial charge in [0.25, 0.3) is 0 Å². The van der Waals surface area contributed by atoms with Crippen LogP contribution < -0.4 is 0 Å². The molecule has 1 fully saturated rings. The molecule has 1 saturated heterocycles. The summed E-state index contributed by atoms with van der Waals surface area (Å²) in [6.07, 6.45) is 1.76. The molecule has 1 aromatic rings. The van der Waals surface area contributed by atoms with E-state index in [1.54, 1.807) is 6.26 Å². The molecule has 0 amide bonds. The maximum Gasteiger partial charge on any atom is 0.120 e. The summed E-state index contributed by atoms with van der Waals surface area (Å²) in [5, 5.41) is 0. The van der Waals surface area contributed by atoms with Gasteiger partial charge in [0.2, 0.25) is 0 Å². The quantitative estimate of drug-likeness (QED) is 0.690. The zero-order chi connectivity index (χ0) is 9.10. The molecule has 0 aromatic carbocycles. The second kappa shape index (κ2) is 3.94. The molecule has 0 saturated carbocycles. The van der Waals surface area contributed by atoms with Crippen molar-refractivity contribution >= 4 is 0 Å². The van der Waals surface area contributed by atoms with E-state index in [1.165, 1.54) is 5.56 Å². The van der Waals surface area contributed by atoms with Crippen molar-refractivity contribution in [3.63, 3.8) is 0 Å². The molecule has 0 spiro atoms. The molecule has 2 heterocycles. The van der Waals surface area contributed by atoms with E-state index >= 15 is 0 Å². The summed E-state index contributed by atoms with van der Waals surface area (Å²) in [6, 6.07) is 2.01. The third-order valence-corrected chi connectivity index (χ3v) is 2.44. The van der Waals surface area contributed by atoms with Gasteiger partial charge in [-0.1, -0.05) is 0 Å². The predicted molar refractivity (Wildman–Crippen MR) is 49.5 cm³/mol. The second-order valence-electron chi connectivity index (χ2n) is 3.42. The largest absolute Gasteiger partial charge is 0.468 e. The Morgan fingerprint density at radius 2 is 2.15 bits per heavy atom. The Kier molecular flexibility index (Phi) is 2.66. The van der Waals surface area contributed by atoms with Gasteiger partial charge in [-0.15, -0.1) is 0 Å². The first kappa shape index (κ1) is 8.78. The van der Waals surface area contributed by atoms with Crippen molar-refractivity contribution in [2.75, 3.05) is 26.3 Å². The monoisotopic (exact) mass is 181 g/mol. The highest BCUT2D eigenvalue weighted by Gasteiger charge is 2.12. The Hall–Kier alpha value is -0.800. The molecule has 3 nitrogen and oxygen atoms in total. The van der Waals surface area contributed by atoms with Crippen molar-refractivity contribution in [1.29, 1.82) is 0 Å². The van der Waals surface area contributed by atoms with Gasteiger partial charge in [-0.25, -0.2) is 0 Å². The van der Waals surface area contributed by atoms with Gasteiger partial charge >= 0.3 is 0 Å². The first-order chi connectivity index (χ1) is 6.36. The molecule has 0 aliphatic carbocycles. The van der Waals surface area contributed by atoms with Crippen LogP contribution in [0.4, 0.5) is 0 Å². The maximum absolute atomic E-state index is 5.38. The molecular formula is C10H15NO2. The van der Waals surface area contributed by atoms with Crippen molar-refractivity contribution < 1.29 is 9.15 Å². The van der Waals surface area contributed by atoms with E-state index < -0.39 is 0 Å². The van der Waals surface area contributed by atoms with E-state index in [0.717, 1.165) is 38.6 Å². The minimum atomic E-state index is 0.847. The van der Waals surface area contributed by atoms with E-state index in [1.807, 2.05) is 6.07 Å². The minimum Gasteiger partial charge on any atom is -0.468 e. The van der Waals surface area contributed by atoms with E-state index in [9.17, 15) is 0 Å². The summed E-state index contributed by atoms with van der Waals surface area (Å²) >= 11 is 0. The molecule has 0 unspecified atom stereocenters. The highest BCUT2D eigenvalue weighted by molar-refractivity contribution is 5.14. The molecule has 1 aliphatic rings. The van der Waals surface area contributed by atoms with Gasteiger partial charge in [0.1, 0.15) is 5.76 Å². The van der Waals surface area contributed by atoms with E-state index in [-0.39, 0.29) is 0 Å². The van der Waals surface area contributed by atoms with Gasteiger partial charge in [0, 0.05) is 13.1 Å². The Morgan fingerprint density at radius 3 is 2.77 bits per heavy atom. The lowest BCUT2D eigenvalue weighted by molar-refractivity contribution is 0.0312. The van der Waals surface area contributed by atoms with Crippen molar-refractivity contribution in [1.82, 2.24) is 4.90 Å². The number of ether oxygens (including phenoxy) is 1. The number of aryl methyl sites for hydroxylation is 1. The summed E-state index contributed by atoms with van der Waals surface area (Å²) in [5.74, 6) is 1.09. The Balaban J connectivity index is 1.93. The van der Waals surface area contributed by atoms with Crippen LogP contribution >= 0.6 is 0 Å². The molecule has 13 heavy (non-hydrogen) atoms. The minimum absolute atomic E-state index is 0.847. The predicted octanol–water partition coefficient (Wildman–Crippen LogP) is 1.42. The number of rotatable bonds is 2. The zero-order valence-electron chi connectivity index (χ0n) is 7.95. The van der Waals surface area contributed by atoms with Crippen LogP contribution in [0.3, 0.4) is 0 Å². The Bertz CT molecular complexity index is 264. The highest BCUT2D eigenvalue weighted by Crippen LogP contribution is 2.12. The smallest absolute Gasteiger partial charge is 0.120 e. The maximum atomic E-state index is 5.38. The summed E-state index contributed by atoms with van der Waals surface area (Å²) in [5.41, 5.74) is 1.24. The molecule has 0 N–H and O–H groups in total. The first-order valence-electron chi connectivity index (χ1n) is 4.69. The van der Waals surface area contributed by atoms with Crippen LogP contribution in [-0.4, -0.2) is 31.2 Å². The van der Waals surface area contributed by atoms with Crippen molar-refractivity contribution in [3.8, 4) is 0 Å². The number of nitrogens with zero attached hydrogens (tertiary/aromatic N) is 1. The molecule has 2 rings (SSSR count). The van der Waals surface area contributed by atoms with E-state index in [4.69, 9.17) is 9.15 Å². The summed E-state index contributed by atoms with van der Waals surface area (Å²) in [4.78, 5) is 2.36. The van der Waals surface area contributed by atoms with Crippen LogP contribution in [-0.2, 0) is 11.3 Å². The van der Waals surface area contributed by atoms with Crippen LogP contribution in [0.15, 0.2) is 16.7 Å². The molecule has 1 aliphatic heterocycles. The van der Waals surface area contributed by atoms with Gasteiger partial charge in [-0.3, -0.25) is 4.90 Å². The molecule has 1 aromatic heterocycles. The summed E-state index contributed by atoms with van der Waals surface area (Å²) in [7, 11) is 0. The lowest BCUT2D eigenvalue weighted by Crippen LogP contribution is -2.35. The standard InChI is InChI=1S/C10H15NO2/c1-9-2-5-13-10(9)8-11-3-6-12-7-4-11/h2,5H,3-4,6-8H2,1H3. The van der Waals surface area contributed by atoms with E-state index in [0.29, 0.717) is 0 Å². The fourth-order valence-electron chi connectivity index (χ4n) is 1.53. The summed E-state index contributed by atoms with van der Waals surface area (Å²) < 4.78 is 10.7. The molecule has 0 atom stereocenters. The van der Waals surface area contributed by atoms with Crippen LogP contribution in [0.25, 0.3) is 0 Å². The average molecular weight is 181 g/mol. The van der Waals surface area contributed by atoms with E-state index in [2.05, 4.69) is 11.8 Å². The van der Waals surface area contributed by atoms with Gasteiger partial charge in [-0.05, 0) is 18.6 Å². The normalized spacial score (nSPS) is 19.2. The molecule has 72 valence electrons. The number of hydrogen-bond donors (Lipinski definition) is 0. The molecule has 3 heteroatoms. The van der Waals surface area contributed by atoms with Crippen LogP contribution in [0.5, 0.6) is 0 Å². The van der Waals surface area contributed by atoms with Gasteiger partial charge in [0.15, 0.2) is 0 Å². The van der Waals surface area contributed by atoms with Crippen molar-refractivity contribution in [3.05, 3.63) is 23.7 Å². The van der Waals surface area contributed by atoms with Gasteiger partial charge < -0.3 is 9.15 Å². The third-order valence-electron chi connectivity index (χ3n) is 2.44. The fraction of sp³-hybridized carbons (Fsp3) is 0.600. The van der Waals surface area contributed by atoms with Crippen LogP contribution in [0, 0.1) is 6.92 Å². The van der Waals surface area contributed by atoms with Crippen LogP contribution in [0.2, 0.25) is 0 Å². The molecule has 0 radical (unpaired) electrons. The number of furan rings is 1. The highest BCUT2D eigenvalue weighted by atomic mass is 16.5. The topological polar surface area (TPSA) is 25.6 Å².